The number of hydrogen-bond donors (Lipinski definition) is 1. The van der Waals surface area contributed by atoms with E-state index in [0.717, 1.165) is 25.5 Å². The Kier molecular flexibility index (Phi) is 3.64. The van der Waals surface area contributed by atoms with Crippen LogP contribution in [0.3, 0.4) is 0 Å². The summed E-state index contributed by atoms with van der Waals surface area (Å²) in [5.41, 5.74) is 1.43. The fourth-order valence-corrected chi connectivity index (χ4v) is 3.64. The third kappa shape index (κ3) is 2.39. The summed E-state index contributed by atoms with van der Waals surface area (Å²) in [6, 6.07) is 13.1. The second kappa shape index (κ2) is 5.43. The third-order valence-corrected chi connectivity index (χ3v) is 4.96. The normalized spacial score (nSPS) is 10.9. The maximum Gasteiger partial charge on any atom is 0.146 e. The number of anilines is 1. The van der Waals surface area contributed by atoms with Gasteiger partial charge < -0.3 is 5.32 Å². The van der Waals surface area contributed by atoms with Crippen LogP contribution in [0.5, 0.6) is 0 Å². The van der Waals surface area contributed by atoms with Crippen molar-refractivity contribution in [3.8, 4) is 0 Å². The van der Waals surface area contributed by atoms with Gasteiger partial charge in [0.15, 0.2) is 0 Å². The molecule has 3 rings (SSSR count). The van der Waals surface area contributed by atoms with E-state index in [-0.39, 0.29) is 5.82 Å². The van der Waals surface area contributed by atoms with Gasteiger partial charge in [-0.3, -0.25) is 0 Å². The first-order chi connectivity index (χ1) is 9.66. The highest BCUT2D eigenvalue weighted by atomic mass is 35.5. The Balaban J connectivity index is 1.89. The van der Waals surface area contributed by atoms with Crippen LogP contribution in [0.1, 0.15) is 10.4 Å². The van der Waals surface area contributed by atoms with Crippen LogP contribution in [0.25, 0.3) is 10.1 Å². The van der Waals surface area contributed by atoms with Crippen LogP contribution >= 0.6 is 22.9 Å². The number of rotatable bonds is 3. The predicted octanol–water partition coefficient (Wildman–Crippen LogP) is 5.61. The molecule has 0 aliphatic carbocycles. The average Bonchev–Trinajstić information content (AvgIpc) is 2.76. The summed E-state index contributed by atoms with van der Waals surface area (Å²) in [6.45, 7) is 2.41. The molecule has 0 aliphatic rings. The number of nitrogens with one attached hydrogen (secondary N) is 1. The number of fused-ring (bicyclic) bond motifs is 1. The van der Waals surface area contributed by atoms with Crippen molar-refractivity contribution >= 4 is 38.7 Å². The minimum absolute atomic E-state index is 0.234. The van der Waals surface area contributed by atoms with E-state index in [1.165, 1.54) is 6.07 Å². The van der Waals surface area contributed by atoms with E-state index in [9.17, 15) is 4.39 Å². The van der Waals surface area contributed by atoms with Crippen molar-refractivity contribution in [2.75, 3.05) is 5.32 Å². The molecule has 20 heavy (non-hydrogen) atoms. The highest BCUT2D eigenvalue weighted by molar-refractivity contribution is 7.19. The molecule has 0 saturated carbocycles. The molecule has 0 bridgehead atoms. The third-order valence-electron chi connectivity index (χ3n) is 3.25. The van der Waals surface area contributed by atoms with E-state index in [4.69, 9.17) is 11.6 Å². The van der Waals surface area contributed by atoms with E-state index in [1.807, 2.05) is 37.3 Å². The van der Waals surface area contributed by atoms with E-state index >= 15 is 0 Å². The van der Waals surface area contributed by atoms with Crippen LogP contribution in [0, 0.1) is 12.7 Å². The highest BCUT2D eigenvalue weighted by Crippen LogP contribution is 2.35. The molecule has 1 heterocycles. The van der Waals surface area contributed by atoms with Crippen LogP contribution in [0.2, 0.25) is 5.02 Å². The fourth-order valence-electron chi connectivity index (χ4n) is 2.20. The van der Waals surface area contributed by atoms with Crippen LogP contribution in [-0.4, -0.2) is 0 Å². The molecule has 102 valence electrons. The number of thiophene rings is 1. The van der Waals surface area contributed by atoms with Crippen molar-refractivity contribution < 1.29 is 4.39 Å². The lowest BCUT2D eigenvalue weighted by atomic mass is 10.2. The Hall–Kier alpha value is -1.58. The Morgan fingerprint density at radius 3 is 2.70 bits per heavy atom. The lowest BCUT2D eigenvalue weighted by molar-refractivity contribution is 0.629. The van der Waals surface area contributed by atoms with Gasteiger partial charge in [0.2, 0.25) is 0 Å². The van der Waals surface area contributed by atoms with Crippen molar-refractivity contribution in [3.63, 3.8) is 0 Å². The summed E-state index contributed by atoms with van der Waals surface area (Å²) in [6.07, 6.45) is 0. The largest absolute Gasteiger partial charge is 0.378 e. The second-order valence-corrected chi connectivity index (χ2v) is 6.14. The smallest absolute Gasteiger partial charge is 0.146 e. The average molecular weight is 306 g/mol. The molecule has 1 N–H and O–H groups in total. The van der Waals surface area contributed by atoms with Crippen molar-refractivity contribution in [1.82, 2.24) is 0 Å². The van der Waals surface area contributed by atoms with Gasteiger partial charge in [-0.25, -0.2) is 4.39 Å². The Morgan fingerprint density at radius 1 is 1.15 bits per heavy atom. The summed E-state index contributed by atoms with van der Waals surface area (Å²) in [7, 11) is 0. The van der Waals surface area contributed by atoms with Crippen LogP contribution in [0.4, 0.5) is 10.1 Å². The van der Waals surface area contributed by atoms with Crippen molar-refractivity contribution in [2.45, 2.75) is 13.5 Å². The van der Waals surface area contributed by atoms with Gasteiger partial charge in [0, 0.05) is 15.0 Å². The first-order valence-electron chi connectivity index (χ1n) is 6.31. The highest BCUT2D eigenvalue weighted by Gasteiger charge is 2.11. The number of benzene rings is 2. The van der Waals surface area contributed by atoms with Gasteiger partial charge in [-0.2, -0.15) is 0 Å². The second-order valence-electron chi connectivity index (χ2n) is 4.62. The van der Waals surface area contributed by atoms with Gasteiger partial charge in [0.05, 0.1) is 17.3 Å². The van der Waals surface area contributed by atoms with Crippen molar-refractivity contribution in [2.24, 2.45) is 0 Å². The molecule has 4 heteroatoms. The summed E-state index contributed by atoms with van der Waals surface area (Å²) in [5, 5.41) is 4.96. The molecule has 1 nitrogen and oxygen atoms in total. The SMILES string of the molecule is Cc1cccc(F)c1NCc1sc2ccccc2c1Cl. The Morgan fingerprint density at radius 2 is 1.95 bits per heavy atom. The molecule has 3 aromatic rings. The maximum absolute atomic E-state index is 13.8. The summed E-state index contributed by atoms with van der Waals surface area (Å²) in [5.74, 6) is -0.234. The van der Waals surface area contributed by atoms with E-state index < -0.39 is 0 Å². The van der Waals surface area contributed by atoms with Crippen LogP contribution < -0.4 is 5.32 Å². The molecule has 0 saturated heterocycles. The molecule has 0 spiro atoms. The number of hydrogen-bond acceptors (Lipinski definition) is 2. The first-order valence-corrected chi connectivity index (χ1v) is 7.51. The van der Waals surface area contributed by atoms with Crippen molar-refractivity contribution in [3.05, 3.63) is 63.7 Å². The molecular formula is C16H13ClFNS. The fraction of sp³-hybridized carbons (Fsp3) is 0.125. The summed E-state index contributed by atoms with van der Waals surface area (Å²) in [4.78, 5) is 1.02. The van der Waals surface area contributed by atoms with Crippen molar-refractivity contribution in [1.29, 1.82) is 0 Å². The van der Waals surface area contributed by atoms with Gasteiger partial charge in [-0.1, -0.05) is 41.9 Å². The molecule has 1 aromatic heterocycles. The summed E-state index contributed by atoms with van der Waals surface area (Å²) < 4.78 is 14.9. The van der Waals surface area contributed by atoms with E-state index in [2.05, 4.69) is 5.32 Å². The molecule has 0 aliphatic heterocycles. The lowest BCUT2D eigenvalue weighted by Crippen LogP contribution is -2.02. The molecule has 0 amide bonds. The minimum Gasteiger partial charge on any atom is -0.378 e. The maximum atomic E-state index is 13.8. The van der Waals surface area contributed by atoms with Crippen LogP contribution in [-0.2, 0) is 6.54 Å². The van der Waals surface area contributed by atoms with E-state index in [1.54, 1.807) is 17.4 Å². The monoisotopic (exact) mass is 305 g/mol. The molecule has 0 radical (unpaired) electrons. The minimum atomic E-state index is -0.234. The zero-order chi connectivity index (χ0) is 14.1. The molecule has 2 aromatic carbocycles. The van der Waals surface area contributed by atoms with Gasteiger partial charge >= 0.3 is 0 Å². The zero-order valence-corrected chi connectivity index (χ0v) is 12.5. The summed E-state index contributed by atoms with van der Waals surface area (Å²) >= 11 is 8.02. The molecule has 0 fully saturated rings. The Bertz CT molecular complexity index is 746. The lowest BCUT2D eigenvalue weighted by Gasteiger charge is -2.09. The van der Waals surface area contributed by atoms with E-state index in [0.29, 0.717) is 12.2 Å². The van der Waals surface area contributed by atoms with Gasteiger partial charge in [0.25, 0.3) is 0 Å². The van der Waals surface area contributed by atoms with Gasteiger partial charge in [0.1, 0.15) is 5.82 Å². The predicted molar refractivity (Wildman–Crippen MR) is 85.3 cm³/mol. The van der Waals surface area contributed by atoms with Gasteiger partial charge in [-0.15, -0.1) is 11.3 Å². The van der Waals surface area contributed by atoms with Crippen LogP contribution in [0.15, 0.2) is 42.5 Å². The molecule has 0 unspecified atom stereocenters. The quantitative estimate of drug-likeness (QED) is 0.662. The topological polar surface area (TPSA) is 12.0 Å². The molecule has 0 atom stereocenters. The Labute approximate surface area is 126 Å². The molecular weight excluding hydrogens is 293 g/mol. The first kappa shape index (κ1) is 13.4. The number of aryl methyl sites for hydroxylation is 1. The number of halogens is 2. The number of para-hydroxylation sites is 1. The zero-order valence-electron chi connectivity index (χ0n) is 10.9. The van der Waals surface area contributed by atoms with Gasteiger partial charge in [-0.05, 0) is 24.6 Å². The standard InChI is InChI=1S/C16H13ClFNS/c1-10-5-4-7-12(18)16(10)19-9-14-15(17)11-6-2-3-8-13(11)20-14/h2-8,19H,9H2,1H3.